The van der Waals surface area contributed by atoms with Crippen LogP contribution in [0.15, 0.2) is 17.5 Å². The lowest BCUT2D eigenvalue weighted by atomic mass is 10.2. The molecule has 0 fully saturated rings. The Labute approximate surface area is 138 Å². The van der Waals surface area contributed by atoms with Crippen LogP contribution < -0.4 is 11.1 Å². The molecule has 124 valence electrons. The van der Waals surface area contributed by atoms with E-state index in [1.165, 1.54) is 11.8 Å². The van der Waals surface area contributed by atoms with Crippen molar-refractivity contribution >= 4 is 35.2 Å². The van der Waals surface area contributed by atoms with Crippen LogP contribution in [0, 0.1) is 0 Å². The van der Waals surface area contributed by atoms with Crippen LogP contribution in [-0.4, -0.2) is 41.1 Å². The molecule has 1 aromatic rings. The van der Waals surface area contributed by atoms with Gasteiger partial charge in [0.05, 0.1) is 5.25 Å². The maximum absolute atomic E-state index is 11.7. The standard InChI is InChI=1S/C14H22N2O4S2/c1-14(2,3)20-13(19)16-9(12(17)18)8-22-11(7-15)10-5-4-6-21-10/h4-6,9,11H,7-8,15H2,1-3H3,(H,16,19)(H,17,18)/t9-,11?/m1/s1. The smallest absolute Gasteiger partial charge is 0.408 e. The number of hydrogen-bond acceptors (Lipinski definition) is 6. The van der Waals surface area contributed by atoms with E-state index in [-0.39, 0.29) is 11.0 Å². The second kappa shape index (κ2) is 8.40. The highest BCUT2D eigenvalue weighted by atomic mass is 32.2. The van der Waals surface area contributed by atoms with Gasteiger partial charge in [-0.15, -0.1) is 23.1 Å². The molecule has 1 unspecified atom stereocenters. The van der Waals surface area contributed by atoms with Gasteiger partial charge in [0.2, 0.25) is 0 Å². The Morgan fingerprint density at radius 2 is 2.18 bits per heavy atom. The number of nitrogens with one attached hydrogen (secondary N) is 1. The maximum Gasteiger partial charge on any atom is 0.408 e. The lowest BCUT2D eigenvalue weighted by molar-refractivity contribution is -0.138. The molecule has 1 rings (SSSR count). The first-order valence-electron chi connectivity index (χ1n) is 6.80. The molecule has 0 bridgehead atoms. The van der Waals surface area contributed by atoms with E-state index in [0.717, 1.165) is 4.88 Å². The fraction of sp³-hybridized carbons (Fsp3) is 0.571. The molecule has 1 aromatic heterocycles. The molecule has 22 heavy (non-hydrogen) atoms. The van der Waals surface area contributed by atoms with Gasteiger partial charge in [0.15, 0.2) is 0 Å². The van der Waals surface area contributed by atoms with E-state index in [0.29, 0.717) is 6.54 Å². The molecule has 2 atom stereocenters. The maximum atomic E-state index is 11.7. The molecule has 6 nitrogen and oxygen atoms in total. The molecule has 4 N–H and O–H groups in total. The van der Waals surface area contributed by atoms with Crippen LogP contribution >= 0.6 is 23.1 Å². The summed E-state index contributed by atoms with van der Waals surface area (Å²) in [6, 6.07) is 2.87. The fourth-order valence-electron chi connectivity index (χ4n) is 1.58. The summed E-state index contributed by atoms with van der Waals surface area (Å²) in [4.78, 5) is 24.1. The van der Waals surface area contributed by atoms with Crippen LogP contribution in [-0.2, 0) is 9.53 Å². The van der Waals surface area contributed by atoms with Gasteiger partial charge >= 0.3 is 12.1 Å². The van der Waals surface area contributed by atoms with Crippen LogP contribution in [0.5, 0.6) is 0 Å². The van der Waals surface area contributed by atoms with Crippen molar-refractivity contribution in [3.05, 3.63) is 22.4 Å². The quantitative estimate of drug-likeness (QED) is 0.701. The number of thiophene rings is 1. The number of alkyl carbamates (subject to hydrolysis) is 1. The number of nitrogens with two attached hydrogens (primary N) is 1. The molecule has 1 heterocycles. The Balaban J connectivity index is 2.57. The van der Waals surface area contributed by atoms with Crippen molar-refractivity contribution < 1.29 is 19.4 Å². The molecule has 0 saturated heterocycles. The summed E-state index contributed by atoms with van der Waals surface area (Å²) >= 11 is 2.99. The van der Waals surface area contributed by atoms with Crippen molar-refractivity contribution in [1.29, 1.82) is 0 Å². The first-order chi connectivity index (χ1) is 10.2. The summed E-state index contributed by atoms with van der Waals surface area (Å²) in [6.45, 7) is 5.57. The first-order valence-corrected chi connectivity index (χ1v) is 8.73. The van der Waals surface area contributed by atoms with Crippen molar-refractivity contribution in [2.45, 2.75) is 37.7 Å². The minimum Gasteiger partial charge on any atom is -0.480 e. The van der Waals surface area contributed by atoms with Crippen molar-refractivity contribution in [2.75, 3.05) is 12.3 Å². The van der Waals surface area contributed by atoms with E-state index in [1.807, 2.05) is 17.5 Å². The summed E-state index contributed by atoms with van der Waals surface area (Å²) in [5.41, 5.74) is 5.07. The van der Waals surface area contributed by atoms with Crippen molar-refractivity contribution in [3.63, 3.8) is 0 Å². The molecule has 0 aliphatic heterocycles. The highest BCUT2D eigenvalue weighted by molar-refractivity contribution is 7.99. The number of carboxylic acids is 1. The number of aliphatic carboxylic acids is 1. The first kappa shape index (κ1) is 18.8. The van der Waals surface area contributed by atoms with Gasteiger partial charge in [0, 0.05) is 17.2 Å². The van der Waals surface area contributed by atoms with Crippen LogP contribution in [0.1, 0.15) is 30.9 Å². The largest absolute Gasteiger partial charge is 0.480 e. The summed E-state index contributed by atoms with van der Waals surface area (Å²) in [5, 5.41) is 13.6. The lowest BCUT2D eigenvalue weighted by Gasteiger charge is -2.22. The number of carbonyl (C=O) groups is 2. The van der Waals surface area contributed by atoms with E-state index in [1.54, 1.807) is 32.1 Å². The Bertz CT molecular complexity index is 486. The van der Waals surface area contributed by atoms with E-state index < -0.39 is 23.7 Å². The Morgan fingerprint density at radius 1 is 1.50 bits per heavy atom. The van der Waals surface area contributed by atoms with Crippen LogP contribution in [0.25, 0.3) is 0 Å². The molecule has 0 radical (unpaired) electrons. The molecule has 0 aliphatic rings. The average molecular weight is 346 g/mol. The molecule has 0 spiro atoms. The van der Waals surface area contributed by atoms with E-state index in [9.17, 15) is 14.7 Å². The zero-order valence-corrected chi connectivity index (χ0v) is 14.5. The predicted octanol–water partition coefficient (Wildman–Crippen LogP) is 2.46. The van der Waals surface area contributed by atoms with Crippen molar-refractivity contribution in [1.82, 2.24) is 5.32 Å². The third kappa shape index (κ3) is 6.67. The molecule has 0 aromatic carbocycles. The Morgan fingerprint density at radius 3 is 2.64 bits per heavy atom. The summed E-state index contributed by atoms with van der Waals surface area (Å²) in [6.07, 6.45) is -0.735. The lowest BCUT2D eigenvalue weighted by Crippen LogP contribution is -2.45. The second-order valence-corrected chi connectivity index (χ2v) is 7.83. The van der Waals surface area contributed by atoms with Gasteiger partial charge in [-0.05, 0) is 32.2 Å². The zero-order valence-electron chi connectivity index (χ0n) is 12.9. The van der Waals surface area contributed by atoms with Gasteiger partial charge in [-0.3, -0.25) is 0 Å². The van der Waals surface area contributed by atoms with E-state index in [2.05, 4.69) is 5.32 Å². The highest BCUT2D eigenvalue weighted by Gasteiger charge is 2.25. The molecule has 0 aliphatic carbocycles. The third-order valence-corrected chi connectivity index (χ3v) is 5.04. The topological polar surface area (TPSA) is 102 Å². The molecule has 0 saturated carbocycles. The van der Waals surface area contributed by atoms with Gasteiger partial charge in [0.1, 0.15) is 11.6 Å². The Hall–Kier alpha value is -1.25. The molecular formula is C14H22N2O4S2. The highest BCUT2D eigenvalue weighted by Crippen LogP contribution is 2.31. The minimum atomic E-state index is -1.10. The van der Waals surface area contributed by atoms with Crippen LogP contribution in [0.2, 0.25) is 0 Å². The van der Waals surface area contributed by atoms with Crippen LogP contribution in [0.3, 0.4) is 0 Å². The van der Waals surface area contributed by atoms with E-state index >= 15 is 0 Å². The number of ether oxygens (including phenoxy) is 1. The van der Waals surface area contributed by atoms with Gasteiger partial charge in [-0.25, -0.2) is 9.59 Å². The number of amides is 1. The van der Waals surface area contributed by atoms with E-state index in [4.69, 9.17) is 10.5 Å². The monoisotopic (exact) mass is 346 g/mol. The average Bonchev–Trinajstić information content (AvgIpc) is 2.89. The molecule has 1 amide bonds. The zero-order chi connectivity index (χ0) is 16.8. The summed E-state index contributed by atoms with van der Waals surface area (Å²) in [5.74, 6) is -0.880. The van der Waals surface area contributed by atoms with Crippen molar-refractivity contribution in [2.24, 2.45) is 5.73 Å². The SMILES string of the molecule is CC(C)(C)OC(=O)N[C@H](CSC(CN)c1cccs1)C(=O)O. The molecule has 8 heteroatoms. The number of carbonyl (C=O) groups excluding carboxylic acids is 1. The summed E-state index contributed by atoms with van der Waals surface area (Å²) < 4.78 is 5.08. The summed E-state index contributed by atoms with van der Waals surface area (Å²) in [7, 11) is 0. The Kier molecular flexibility index (Phi) is 7.18. The number of hydrogen-bond donors (Lipinski definition) is 3. The number of rotatable bonds is 7. The second-order valence-electron chi connectivity index (χ2n) is 5.61. The number of carboxylic acid groups (broad SMARTS) is 1. The minimum absolute atomic E-state index is 0.0160. The number of thioether (sulfide) groups is 1. The van der Waals surface area contributed by atoms with Crippen molar-refractivity contribution in [3.8, 4) is 0 Å². The third-order valence-electron chi connectivity index (χ3n) is 2.53. The molecular weight excluding hydrogens is 324 g/mol. The van der Waals surface area contributed by atoms with Gasteiger partial charge in [-0.2, -0.15) is 0 Å². The van der Waals surface area contributed by atoms with Gasteiger partial charge in [-0.1, -0.05) is 6.07 Å². The predicted molar refractivity (Wildman–Crippen MR) is 89.4 cm³/mol. The van der Waals surface area contributed by atoms with Crippen LogP contribution in [0.4, 0.5) is 4.79 Å². The van der Waals surface area contributed by atoms with Gasteiger partial charge in [0.25, 0.3) is 0 Å². The fourth-order valence-corrected chi connectivity index (χ4v) is 3.70. The van der Waals surface area contributed by atoms with Gasteiger partial charge < -0.3 is 20.9 Å². The normalized spacial score (nSPS) is 14.2.